The maximum atomic E-state index is 14.0. The largest absolute Gasteiger partial charge is 0.494 e. The van der Waals surface area contributed by atoms with Crippen molar-refractivity contribution in [1.29, 1.82) is 0 Å². The molecule has 0 spiro atoms. The highest BCUT2D eigenvalue weighted by Crippen LogP contribution is 2.31. The van der Waals surface area contributed by atoms with Crippen LogP contribution in [-0.4, -0.2) is 19.6 Å². The van der Waals surface area contributed by atoms with Gasteiger partial charge in [-0.15, -0.1) is 12.3 Å². The van der Waals surface area contributed by atoms with Gasteiger partial charge >= 0.3 is 0 Å². The van der Waals surface area contributed by atoms with Crippen molar-refractivity contribution in [2.45, 2.75) is 6.42 Å². The van der Waals surface area contributed by atoms with Crippen LogP contribution in [0.2, 0.25) is 0 Å². The zero-order valence-electron chi connectivity index (χ0n) is 9.44. The summed E-state index contributed by atoms with van der Waals surface area (Å²) in [5.74, 6) is 1.83. The molecule has 2 rings (SSSR count). The van der Waals surface area contributed by atoms with Crippen LogP contribution in [0.4, 0.5) is 10.1 Å². The van der Waals surface area contributed by atoms with E-state index in [1.165, 1.54) is 18.1 Å². The van der Waals surface area contributed by atoms with Crippen LogP contribution in [0.1, 0.15) is 6.42 Å². The smallest absolute Gasteiger partial charge is 0.228 e. The van der Waals surface area contributed by atoms with E-state index >= 15 is 0 Å². The first-order chi connectivity index (χ1) is 8.17. The lowest BCUT2D eigenvalue weighted by molar-refractivity contribution is -0.117. The third kappa shape index (κ3) is 1.96. The first-order valence-corrected chi connectivity index (χ1v) is 5.26. The molecule has 0 saturated carbocycles. The van der Waals surface area contributed by atoms with Crippen LogP contribution in [0.25, 0.3) is 0 Å². The molecule has 1 fully saturated rings. The number of hydrogen-bond donors (Lipinski definition) is 0. The second-order valence-electron chi connectivity index (χ2n) is 3.87. The maximum Gasteiger partial charge on any atom is 0.228 e. The van der Waals surface area contributed by atoms with Crippen LogP contribution in [0.15, 0.2) is 18.2 Å². The minimum atomic E-state index is -0.527. The third-order valence-corrected chi connectivity index (χ3v) is 2.81. The summed E-state index contributed by atoms with van der Waals surface area (Å²) in [5, 5.41) is 0. The molecule has 17 heavy (non-hydrogen) atoms. The molecule has 0 N–H and O–H groups in total. The SMILES string of the molecule is C#CC1CC(=O)N(c2cccc(OC)c2F)C1. The first kappa shape index (κ1) is 11.5. The van der Waals surface area contributed by atoms with Crippen molar-refractivity contribution >= 4 is 11.6 Å². The second-order valence-corrected chi connectivity index (χ2v) is 3.87. The fourth-order valence-corrected chi connectivity index (χ4v) is 1.92. The molecule has 1 aromatic rings. The Morgan fingerprint density at radius 2 is 2.35 bits per heavy atom. The highest BCUT2D eigenvalue weighted by Gasteiger charge is 2.31. The molecule has 1 aromatic carbocycles. The van der Waals surface area contributed by atoms with Crippen molar-refractivity contribution in [3.05, 3.63) is 24.0 Å². The second kappa shape index (κ2) is 4.46. The fraction of sp³-hybridized carbons (Fsp3) is 0.308. The van der Waals surface area contributed by atoms with Gasteiger partial charge in [-0.2, -0.15) is 0 Å². The van der Waals surface area contributed by atoms with Crippen molar-refractivity contribution in [2.75, 3.05) is 18.6 Å². The molecule has 1 aliphatic heterocycles. The van der Waals surface area contributed by atoms with Gasteiger partial charge in [-0.3, -0.25) is 4.79 Å². The molecule has 0 bridgehead atoms. The molecule has 1 heterocycles. The van der Waals surface area contributed by atoms with Gasteiger partial charge in [0.2, 0.25) is 5.91 Å². The van der Waals surface area contributed by atoms with Gasteiger partial charge in [-0.25, -0.2) is 4.39 Å². The minimum absolute atomic E-state index is 0.124. The van der Waals surface area contributed by atoms with E-state index in [0.717, 1.165) is 0 Å². The predicted molar refractivity (Wildman–Crippen MR) is 62.2 cm³/mol. The van der Waals surface area contributed by atoms with Crippen LogP contribution in [0.5, 0.6) is 5.75 Å². The lowest BCUT2D eigenvalue weighted by Crippen LogP contribution is -2.25. The van der Waals surface area contributed by atoms with Gasteiger partial charge in [0.1, 0.15) is 0 Å². The molecular weight excluding hydrogens is 221 g/mol. The third-order valence-electron chi connectivity index (χ3n) is 2.81. The number of terminal acetylenes is 1. The Balaban J connectivity index is 2.36. The summed E-state index contributed by atoms with van der Waals surface area (Å²) >= 11 is 0. The number of hydrogen-bond acceptors (Lipinski definition) is 2. The summed E-state index contributed by atoms with van der Waals surface area (Å²) in [7, 11) is 1.39. The molecule has 1 saturated heterocycles. The number of benzene rings is 1. The lowest BCUT2D eigenvalue weighted by Gasteiger charge is -2.17. The van der Waals surface area contributed by atoms with Crippen molar-refractivity contribution in [1.82, 2.24) is 0 Å². The van der Waals surface area contributed by atoms with Gasteiger partial charge in [0, 0.05) is 18.9 Å². The number of amides is 1. The molecule has 3 nitrogen and oxygen atoms in total. The number of halogens is 1. The monoisotopic (exact) mass is 233 g/mol. The van der Waals surface area contributed by atoms with Crippen molar-refractivity contribution in [3.63, 3.8) is 0 Å². The molecule has 0 radical (unpaired) electrons. The van der Waals surface area contributed by atoms with E-state index in [9.17, 15) is 9.18 Å². The normalized spacial score (nSPS) is 19.2. The summed E-state index contributed by atoms with van der Waals surface area (Å²) in [5.41, 5.74) is 0.229. The number of carbonyl (C=O) groups excluding carboxylic acids is 1. The highest BCUT2D eigenvalue weighted by molar-refractivity contribution is 5.96. The molecule has 1 aliphatic rings. The van der Waals surface area contributed by atoms with Gasteiger partial charge in [0.05, 0.1) is 12.8 Å². The number of rotatable bonds is 2. The Morgan fingerprint density at radius 1 is 1.59 bits per heavy atom. The predicted octanol–water partition coefficient (Wildman–Crippen LogP) is 1.82. The van der Waals surface area contributed by atoms with Gasteiger partial charge in [0.15, 0.2) is 11.6 Å². The van der Waals surface area contributed by atoms with Gasteiger partial charge in [-0.05, 0) is 12.1 Å². The van der Waals surface area contributed by atoms with Crippen molar-refractivity contribution in [3.8, 4) is 18.1 Å². The fourth-order valence-electron chi connectivity index (χ4n) is 1.92. The standard InChI is InChI=1S/C13H12FNO2/c1-3-9-7-12(16)15(8-9)10-5-4-6-11(17-2)13(10)14/h1,4-6,9H,7-8H2,2H3. The maximum absolute atomic E-state index is 14.0. The first-order valence-electron chi connectivity index (χ1n) is 5.26. The number of anilines is 1. The molecule has 0 aliphatic carbocycles. The zero-order chi connectivity index (χ0) is 12.4. The molecule has 1 amide bonds. The van der Waals surface area contributed by atoms with E-state index in [4.69, 9.17) is 11.2 Å². The molecule has 1 unspecified atom stereocenters. The van der Waals surface area contributed by atoms with Crippen LogP contribution in [0, 0.1) is 24.1 Å². The van der Waals surface area contributed by atoms with Gasteiger partial charge in [0.25, 0.3) is 0 Å². The average molecular weight is 233 g/mol. The van der Waals surface area contributed by atoms with Crippen molar-refractivity contribution < 1.29 is 13.9 Å². The average Bonchev–Trinajstić information content (AvgIpc) is 2.71. The summed E-state index contributed by atoms with van der Waals surface area (Å²) in [6, 6.07) is 4.71. The van der Waals surface area contributed by atoms with E-state index in [0.29, 0.717) is 6.54 Å². The van der Waals surface area contributed by atoms with E-state index in [2.05, 4.69) is 5.92 Å². The Kier molecular flexibility index (Phi) is 3.01. The summed E-state index contributed by atoms with van der Waals surface area (Å²) in [4.78, 5) is 13.1. The number of methoxy groups -OCH3 is 1. The molecule has 88 valence electrons. The Labute approximate surface area is 99.2 Å². The van der Waals surface area contributed by atoms with Crippen LogP contribution >= 0.6 is 0 Å². The number of carbonyl (C=O) groups is 1. The molecule has 4 heteroatoms. The van der Waals surface area contributed by atoms with E-state index in [1.807, 2.05) is 0 Å². The summed E-state index contributed by atoms with van der Waals surface area (Å²) in [6.07, 6.45) is 5.55. The molecule has 0 aromatic heterocycles. The summed E-state index contributed by atoms with van der Waals surface area (Å²) in [6.45, 7) is 0.361. The lowest BCUT2D eigenvalue weighted by atomic mass is 10.1. The van der Waals surface area contributed by atoms with E-state index in [1.54, 1.807) is 12.1 Å². The Hall–Kier alpha value is -2.02. The van der Waals surface area contributed by atoms with Crippen LogP contribution in [-0.2, 0) is 4.79 Å². The van der Waals surface area contributed by atoms with E-state index in [-0.39, 0.29) is 29.7 Å². The molecule has 1 atom stereocenters. The summed E-state index contributed by atoms with van der Waals surface area (Å²) < 4.78 is 18.8. The van der Waals surface area contributed by atoms with Gasteiger partial charge < -0.3 is 9.64 Å². The van der Waals surface area contributed by atoms with Gasteiger partial charge in [-0.1, -0.05) is 6.07 Å². The minimum Gasteiger partial charge on any atom is -0.494 e. The number of nitrogens with zero attached hydrogens (tertiary/aromatic N) is 1. The van der Waals surface area contributed by atoms with Crippen LogP contribution < -0.4 is 9.64 Å². The Morgan fingerprint density at radius 3 is 2.94 bits per heavy atom. The topological polar surface area (TPSA) is 29.5 Å². The van der Waals surface area contributed by atoms with E-state index < -0.39 is 5.82 Å². The quantitative estimate of drug-likeness (QED) is 0.729. The number of ether oxygens (including phenoxy) is 1. The van der Waals surface area contributed by atoms with Crippen LogP contribution in [0.3, 0.4) is 0 Å². The molecular formula is C13H12FNO2. The Bertz CT molecular complexity index is 493. The van der Waals surface area contributed by atoms with Crippen molar-refractivity contribution in [2.24, 2.45) is 5.92 Å². The highest BCUT2D eigenvalue weighted by atomic mass is 19.1. The zero-order valence-corrected chi connectivity index (χ0v) is 9.44.